The minimum Gasteiger partial charge on any atom is -0.496 e. The number of hydrogen-bond acceptors (Lipinski definition) is 5. The number of para-hydroxylation sites is 1. The van der Waals surface area contributed by atoms with Crippen LogP contribution in [0, 0.1) is 0 Å². The first-order chi connectivity index (χ1) is 12.9. The van der Waals surface area contributed by atoms with Gasteiger partial charge in [-0.05, 0) is 38.1 Å². The number of benzene rings is 2. The van der Waals surface area contributed by atoms with Crippen molar-refractivity contribution >= 4 is 10.0 Å². The largest absolute Gasteiger partial charge is 0.496 e. The molecule has 0 unspecified atom stereocenters. The minimum absolute atomic E-state index is 0.119. The van der Waals surface area contributed by atoms with Crippen molar-refractivity contribution in [2.75, 3.05) is 7.11 Å². The van der Waals surface area contributed by atoms with E-state index in [0.29, 0.717) is 17.2 Å². The molecule has 3 aromatic rings. The molecule has 0 fully saturated rings. The Morgan fingerprint density at radius 1 is 1.07 bits per heavy atom. The van der Waals surface area contributed by atoms with E-state index in [4.69, 9.17) is 9.26 Å². The third-order valence-electron chi connectivity index (χ3n) is 4.17. The highest BCUT2D eigenvalue weighted by atomic mass is 32.2. The summed E-state index contributed by atoms with van der Waals surface area (Å²) in [6.07, 6.45) is 0. The van der Waals surface area contributed by atoms with Crippen LogP contribution < -0.4 is 4.74 Å². The Hall–Kier alpha value is -2.64. The maximum Gasteiger partial charge on any atom is 0.243 e. The number of rotatable bonds is 7. The third-order valence-corrected chi connectivity index (χ3v) is 6.21. The van der Waals surface area contributed by atoms with Gasteiger partial charge in [-0.15, -0.1) is 0 Å². The summed E-state index contributed by atoms with van der Waals surface area (Å²) in [6.45, 7) is 3.79. The van der Waals surface area contributed by atoms with E-state index in [-0.39, 0.29) is 17.5 Å². The van der Waals surface area contributed by atoms with E-state index in [1.165, 1.54) is 4.31 Å². The molecule has 0 spiro atoms. The highest BCUT2D eigenvalue weighted by molar-refractivity contribution is 7.89. The molecule has 1 heterocycles. The lowest BCUT2D eigenvalue weighted by molar-refractivity contribution is 0.332. The van der Waals surface area contributed by atoms with Gasteiger partial charge in [0.1, 0.15) is 5.75 Å². The van der Waals surface area contributed by atoms with Crippen LogP contribution in [0.25, 0.3) is 11.3 Å². The van der Waals surface area contributed by atoms with E-state index < -0.39 is 10.0 Å². The van der Waals surface area contributed by atoms with Gasteiger partial charge >= 0.3 is 0 Å². The fourth-order valence-electron chi connectivity index (χ4n) is 2.79. The summed E-state index contributed by atoms with van der Waals surface area (Å²) in [7, 11) is -2.05. The summed E-state index contributed by atoms with van der Waals surface area (Å²) in [5.74, 6) is 1.20. The lowest BCUT2D eigenvalue weighted by Crippen LogP contribution is -2.36. The van der Waals surface area contributed by atoms with Gasteiger partial charge in [0, 0.05) is 12.1 Å². The molecule has 7 heteroatoms. The van der Waals surface area contributed by atoms with Gasteiger partial charge < -0.3 is 9.26 Å². The van der Waals surface area contributed by atoms with E-state index >= 15 is 0 Å². The van der Waals surface area contributed by atoms with Crippen molar-refractivity contribution < 1.29 is 17.7 Å². The molecule has 3 rings (SSSR count). The van der Waals surface area contributed by atoms with E-state index in [2.05, 4.69) is 5.16 Å². The lowest BCUT2D eigenvalue weighted by Gasteiger charge is -2.24. The van der Waals surface area contributed by atoms with Gasteiger partial charge in [0.05, 0.1) is 29.8 Å². The average molecular weight is 386 g/mol. The second kappa shape index (κ2) is 7.94. The number of methoxy groups -OCH3 is 1. The summed E-state index contributed by atoms with van der Waals surface area (Å²) in [5, 5.41) is 4.06. The Labute approximate surface area is 159 Å². The molecule has 0 atom stereocenters. The predicted octanol–water partition coefficient (Wildman–Crippen LogP) is 3.95. The highest BCUT2D eigenvalue weighted by Gasteiger charge is 2.28. The van der Waals surface area contributed by atoms with Gasteiger partial charge in [0.25, 0.3) is 0 Å². The molecule has 0 bridgehead atoms. The number of nitrogens with zero attached hydrogens (tertiary/aromatic N) is 2. The Morgan fingerprint density at radius 2 is 1.74 bits per heavy atom. The summed E-state index contributed by atoms with van der Waals surface area (Å²) < 4.78 is 38.2. The maximum atomic E-state index is 13.0. The quantitative estimate of drug-likeness (QED) is 0.615. The Morgan fingerprint density at radius 3 is 2.41 bits per heavy atom. The zero-order chi connectivity index (χ0) is 19.4. The maximum absolute atomic E-state index is 13.0. The van der Waals surface area contributed by atoms with Crippen molar-refractivity contribution in [3.8, 4) is 17.1 Å². The molecule has 0 saturated heterocycles. The molecule has 0 aliphatic heterocycles. The Kier molecular flexibility index (Phi) is 5.62. The molecule has 2 aromatic carbocycles. The number of hydrogen-bond donors (Lipinski definition) is 0. The van der Waals surface area contributed by atoms with Crippen LogP contribution in [0.5, 0.6) is 5.75 Å². The molecule has 0 saturated carbocycles. The van der Waals surface area contributed by atoms with E-state index in [9.17, 15) is 8.42 Å². The van der Waals surface area contributed by atoms with E-state index in [1.807, 2.05) is 38.1 Å². The smallest absolute Gasteiger partial charge is 0.243 e. The first-order valence-electron chi connectivity index (χ1n) is 8.59. The third kappa shape index (κ3) is 4.04. The second-order valence-corrected chi connectivity index (χ2v) is 8.23. The van der Waals surface area contributed by atoms with Crippen LogP contribution in [0.15, 0.2) is 70.1 Å². The van der Waals surface area contributed by atoms with Gasteiger partial charge in [0.15, 0.2) is 5.76 Å². The molecule has 27 heavy (non-hydrogen) atoms. The van der Waals surface area contributed by atoms with Crippen molar-refractivity contribution in [2.45, 2.75) is 31.3 Å². The molecule has 6 nitrogen and oxygen atoms in total. The van der Waals surface area contributed by atoms with Crippen LogP contribution in [-0.2, 0) is 16.6 Å². The van der Waals surface area contributed by atoms with Crippen LogP contribution >= 0.6 is 0 Å². The molecule has 0 aliphatic rings. The topological polar surface area (TPSA) is 72.6 Å². The predicted molar refractivity (Wildman–Crippen MR) is 103 cm³/mol. The molecule has 0 N–H and O–H groups in total. The molecular weight excluding hydrogens is 364 g/mol. The van der Waals surface area contributed by atoms with Crippen LogP contribution in [0.1, 0.15) is 19.5 Å². The number of aromatic nitrogens is 1. The van der Waals surface area contributed by atoms with Gasteiger partial charge in [-0.3, -0.25) is 0 Å². The molecule has 0 radical (unpaired) electrons. The van der Waals surface area contributed by atoms with Crippen molar-refractivity contribution in [1.82, 2.24) is 9.46 Å². The standard InChI is InChI=1S/C20H22N2O4S/c1-15(2)22(27(23,24)17-9-5-4-6-10-17)14-16-13-20(26-21-16)18-11-7-8-12-19(18)25-3/h4-13,15H,14H2,1-3H3. The summed E-state index contributed by atoms with van der Waals surface area (Å²) in [5.41, 5.74) is 1.30. The van der Waals surface area contributed by atoms with Crippen molar-refractivity contribution in [1.29, 1.82) is 0 Å². The van der Waals surface area contributed by atoms with Crippen molar-refractivity contribution in [3.05, 3.63) is 66.4 Å². The average Bonchev–Trinajstić information content (AvgIpc) is 3.15. The van der Waals surface area contributed by atoms with Crippen LogP contribution in [0.2, 0.25) is 0 Å². The number of sulfonamides is 1. The van der Waals surface area contributed by atoms with Gasteiger partial charge in [-0.1, -0.05) is 35.5 Å². The Bertz CT molecular complexity index is 998. The van der Waals surface area contributed by atoms with Crippen LogP contribution in [-0.4, -0.2) is 31.0 Å². The first kappa shape index (κ1) is 19.1. The van der Waals surface area contributed by atoms with Crippen LogP contribution in [0.3, 0.4) is 0 Å². The normalized spacial score (nSPS) is 11.9. The van der Waals surface area contributed by atoms with Gasteiger partial charge in [0.2, 0.25) is 10.0 Å². The monoisotopic (exact) mass is 386 g/mol. The van der Waals surface area contributed by atoms with Crippen molar-refractivity contribution in [2.24, 2.45) is 0 Å². The minimum atomic E-state index is -3.64. The molecule has 1 aromatic heterocycles. The Balaban J connectivity index is 1.90. The summed E-state index contributed by atoms with van der Waals surface area (Å²) in [6, 6.07) is 17.3. The molecule has 142 valence electrons. The molecule has 0 amide bonds. The van der Waals surface area contributed by atoms with E-state index in [0.717, 1.165) is 5.56 Å². The summed E-state index contributed by atoms with van der Waals surface area (Å²) >= 11 is 0. The zero-order valence-electron chi connectivity index (χ0n) is 15.5. The molecule has 0 aliphatic carbocycles. The van der Waals surface area contributed by atoms with E-state index in [1.54, 1.807) is 43.5 Å². The van der Waals surface area contributed by atoms with Gasteiger partial charge in [-0.25, -0.2) is 8.42 Å². The number of ether oxygens (including phenoxy) is 1. The zero-order valence-corrected chi connectivity index (χ0v) is 16.3. The fraction of sp³-hybridized carbons (Fsp3) is 0.250. The van der Waals surface area contributed by atoms with Crippen LogP contribution in [0.4, 0.5) is 0 Å². The fourth-order valence-corrected chi connectivity index (χ4v) is 4.42. The lowest BCUT2D eigenvalue weighted by atomic mass is 10.1. The highest BCUT2D eigenvalue weighted by Crippen LogP contribution is 2.30. The second-order valence-electron chi connectivity index (χ2n) is 6.34. The van der Waals surface area contributed by atoms with Crippen molar-refractivity contribution in [3.63, 3.8) is 0 Å². The summed E-state index contributed by atoms with van der Waals surface area (Å²) in [4.78, 5) is 0.257. The molecular formula is C20H22N2O4S. The SMILES string of the molecule is COc1ccccc1-c1cc(CN(C(C)C)S(=O)(=O)c2ccccc2)no1. The van der Waals surface area contributed by atoms with Gasteiger partial charge in [-0.2, -0.15) is 4.31 Å². The first-order valence-corrected chi connectivity index (χ1v) is 10.0.